The Labute approximate surface area is 152 Å². The first-order valence-corrected chi connectivity index (χ1v) is 8.49. The van der Waals surface area contributed by atoms with E-state index >= 15 is 0 Å². The predicted molar refractivity (Wildman–Crippen MR) is 98.3 cm³/mol. The van der Waals surface area contributed by atoms with Gasteiger partial charge in [0.2, 0.25) is 11.8 Å². The zero-order valence-corrected chi connectivity index (χ0v) is 14.9. The first-order valence-electron chi connectivity index (χ1n) is 8.49. The number of para-hydroxylation sites is 1. The van der Waals surface area contributed by atoms with E-state index < -0.39 is 5.92 Å². The van der Waals surface area contributed by atoms with E-state index in [9.17, 15) is 9.59 Å². The van der Waals surface area contributed by atoms with E-state index in [1.165, 1.54) is 0 Å². The van der Waals surface area contributed by atoms with Crippen molar-refractivity contribution >= 4 is 17.5 Å². The molecule has 2 aromatic carbocycles. The van der Waals surface area contributed by atoms with Crippen LogP contribution in [0, 0.1) is 5.92 Å². The summed E-state index contributed by atoms with van der Waals surface area (Å²) in [5.74, 6) is 0.258. The summed E-state index contributed by atoms with van der Waals surface area (Å²) in [5.41, 5.74) is 1.62. The molecule has 6 heteroatoms. The summed E-state index contributed by atoms with van der Waals surface area (Å²) in [6, 6.07) is 14.8. The van der Waals surface area contributed by atoms with Gasteiger partial charge in [-0.05, 0) is 36.8 Å². The minimum absolute atomic E-state index is 0.161. The number of nitrogens with one attached hydrogen (secondary N) is 1. The number of hydrogen-bond donors (Lipinski definition) is 1. The SMILES string of the molecule is COc1ccc(OC)c(CNC(=O)C2CCN(c3ccccc3)C2=O)c1. The van der Waals surface area contributed by atoms with Crippen LogP contribution in [0.5, 0.6) is 11.5 Å². The molecule has 1 saturated heterocycles. The fraction of sp³-hybridized carbons (Fsp3) is 0.300. The molecular weight excluding hydrogens is 332 g/mol. The summed E-state index contributed by atoms with van der Waals surface area (Å²) >= 11 is 0. The van der Waals surface area contributed by atoms with E-state index in [0.29, 0.717) is 24.5 Å². The van der Waals surface area contributed by atoms with Gasteiger partial charge in [0.05, 0.1) is 14.2 Å². The summed E-state index contributed by atoms with van der Waals surface area (Å²) in [4.78, 5) is 26.8. The highest BCUT2D eigenvalue weighted by molar-refractivity contribution is 6.09. The van der Waals surface area contributed by atoms with Crippen molar-refractivity contribution < 1.29 is 19.1 Å². The van der Waals surface area contributed by atoms with Gasteiger partial charge in [0, 0.05) is 24.3 Å². The molecular formula is C20H22N2O4. The molecule has 1 unspecified atom stereocenters. The van der Waals surface area contributed by atoms with Crippen LogP contribution < -0.4 is 19.7 Å². The molecule has 0 aromatic heterocycles. The molecule has 1 aliphatic rings. The van der Waals surface area contributed by atoms with Crippen molar-refractivity contribution in [1.82, 2.24) is 5.32 Å². The molecule has 1 N–H and O–H groups in total. The quantitative estimate of drug-likeness (QED) is 0.809. The van der Waals surface area contributed by atoms with Gasteiger partial charge in [-0.25, -0.2) is 0 Å². The number of ether oxygens (including phenoxy) is 2. The molecule has 3 rings (SSSR count). The predicted octanol–water partition coefficient (Wildman–Crippen LogP) is 2.37. The Morgan fingerprint density at radius 3 is 2.62 bits per heavy atom. The Hall–Kier alpha value is -3.02. The number of carbonyl (C=O) groups is 2. The monoisotopic (exact) mass is 354 g/mol. The van der Waals surface area contributed by atoms with Crippen LogP contribution in [0.4, 0.5) is 5.69 Å². The van der Waals surface area contributed by atoms with E-state index in [-0.39, 0.29) is 18.4 Å². The number of anilines is 1. The number of methoxy groups -OCH3 is 2. The highest BCUT2D eigenvalue weighted by atomic mass is 16.5. The number of hydrogen-bond acceptors (Lipinski definition) is 4. The molecule has 1 fully saturated rings. The van der Waals surface area contributed by atoms with Crippen LogP contribution in [-0.2, 0) is 16.1 Å². The van der Waals surface area contributed by atoms with Crippen molar-refractivity contribution in [3.63, 3.8) is 0 Å². The van der Waals surface area contributed by atoms with Gasteiger partial charge in [0.15, 0.2) is 0 Å². The van der Waals surface area contributed by atoms with Crippen molar-refractivity contribution in [1.29, 1.82) is 0 Å². The van der Waals surface area contributed by atoms with Crippen LogP contribution in [0.25, 0.3) is 0 Å². The molecule has 26 heavy (non-hydrogen) atoms. The molecule has 0 spiro atoms. The molecule has 136 valence electrons. The summed E-state index contributed by atoms with van der Waals surface area (Å²) in [7, 11) is 3.16. The summed E-state index contributed by atoms with van der Waals surface area (Å²) in [6.45, 7) is 0.817. The van der Waals surface area contributed by atoms with Gasteiger partial charge < -0.3 is 19.7 Å². The second kappa shape index (κ2) is 7.91. The molecule has 0 saturated carbocycles. The Morgan fingerprint density at radius 2 is 1.92 bits per heavy atom. The van der Waals surface area contributed by atoms with E-state index in [1.54, 1.807) is 31.3 Å². The maximum atomic E-state index is 12.6. The van der Waals surface area contributed by atoms with Gasteiger partial charge in [0.1, 0.15) is 17.4 Å². The molecule has 0 aliphatic carbocycles. The third kappa shape index (κ3) is 3.64. The number of benzene rings is 2. The van der Waals surface area contributed by atoms with Gasteiger partial charge in [-0.3, -0.25) is 9.59 Å². The van der Waals surface area contributed by atoms with Crippen LogP contribution in [0.2, 0.25) is 0 Å². The molecule has 0 bridgehead atoms. The Balaban J connectivity index is 1.65. The second-order valence-electron chi connectivity index (χ2n) is 6.06. The first-order chi connectivity index (χ1) is 12.6. The molecule has 1 atom stereocenters. The minimum Gasteiger partial charge on any atom is -0.497 e. The Morgan fingerprint density at radius 1 is 1.15 bits per heavy atom. The molecule has 1 heterocycles. The minimum atomic E-state index is -0.660. The Kier molecular flexibility index (Phi) is 5.41. The third-order valence-electron chi connectivity index (χ3n) is 4.53. The largest absolute Gasteiger partial charge is 0.497 e. The maximum absolute atomic E-state index is 12.6. The van der Waals surface area contributed by atoms with Crippen LogP contribution in [0.1, 0.15) is 12.0 Å². The topological polar surface area (TPSA) is 67.9 Å². The third-order valence-corrected chi connectivity index (χ3v) is 4.53. The summed E-state index contributed by atoms with van der Waals surface area (Å²) in [6.07, 6.45) is 0.509. The molecule has 2 aromatic rings. The van der Waals surface area contributed by atoms with Crippen molar-refractivity contribution in [2.75, 3.05) is 25.7 Å². The zero-order valence-electron chi connectivity index (χ0n) is 14.9. The second-order valence-corrected chi connectivity index (χ2v) is 6.06. The van der Waals surface area contributed by atoms with E-state index in [4.69, 9.17) is 9.47 Å². The number of amides is 2. The van der Waals surface area contributed by atoms with E-state index in [2.05, 4.69) is 5.32 Å². The van der Waals surface area contributed by atoms with Crippen LogP contribution in [0.15, 0.2) is 48.5 Å². The summed E-state index contributed by atoms with van der Waals surface area (Å²) in [5, 5.41) is 2.85. The van der Waals surface area contributed by atoms with E-state index in [0.717, 1.165) is 11.3 Å². The number of rotatable bonds is 6. The highest BCUT2D eigenvalue weighted by Crippen LogP contribution is 2.26. The lowest BCUT2D eigenvalue weighted by Crippen LogP contribution is -2.36. The smallest absolute Gasteiger partial charge is 0.239 e. The van der Waals surface area contributed by atoms with Gasteiger partial charge in [-0.15, -0.1) is 0 Å². The van der Waals surface area contributed by atoms with Gasteiger partial charge in [0.25, 0.3) is 0 Å². The fourth-order valence-corrected chi connectivity index (χ4v) is 3.11. The van der Waals surface area contributed by atoms with Crippen LogP contribution in [0.3, 0.4) is 0 Å². The van der Waals surface area contributed by atoms with Crippen molar-refractivity contribution in [3.8, 4) is 11.5 Å². The number of carbonyl (C=O) groups excluding carboxylic acids is 2. The van der Waals surface area contributed by atoms with Gasteiger partial charge >= 0.3 is 0 Å². The lowest BCUT2D eigenvalue weighted by atomic mass is 10.1. The van der Waals surface area contributed by atoms with E-state index in [1.807, 2.05) is 36.4 Å². The molecule has 2 amide bonds. The first kappa shape index (κ1) is 17.8. The van der Waals surface area contributed by atoms with Gasteiger partial charge in [-0.1, -0.05) is 18.2 Å². The standard InChI is InChI=1S/C20H22N2O4/c1-25-16-8-9-18(26-2)14(12-16)13-21-19(23)17-10-11-22(20(17)24)15-6-4-3-5-7-15/h3-9,12,17H,10-11,13H2,1-2H3,(H,21,23). The number of nitrogens with zero attached hydrogens (tertiary/aromatic N) is 1. The summed E-state index contributed by atoms with van der Waals surface area (Å²) < 4.78 is 10.5. The van der Waals surface area contributed by atoms with Gasteiger partial charge in [-0.2, -0.15) is 0 Å². The molecule has 0 radical (unpaired) electrons. The maximum Gasteiger partial charge on any atom is 0.239 e. The average molecular weight is 354 g/mol. The van der Waals surface area contributed by atoms with Crippen molar-refractivity contribution in [3.05, 3.63) is 54.1 Å². The Bertz CT molecular complexity index is 792. The lowest BCUT2D eigenvalue weighted by molar-refractivity contribution is -0.132. The lowest BCUT2D eigenvalue weighted by Gasteiger charge is -2.17. The van der Waals surface area contributed by atoms with Crippen molar-refractivity contribution in [2.45, 2.75) is 13.0 Å². The molecule has 1 aliphatic heterocycles. The average Bonchev–Trinajstić information content (AvgIpc) is 3.08. The fourth-order valence-electron chi connectivity index (χ4n) is 3.11. The van der Waals surface area contributed by atoms with Crippen LogP contribution >= 0.6 is 0 Å². The molecule has 6 nitrogen and oxygen atoms in total. The zero-order chi connectivity index (χ0) is 18.5. The highest BCUT2D eigenvalue weighted by Gasteiger charge is 2.37. The van der Waals surface area contributed by atoms with Crippen LogP contribution in [-0.4, -0.2) is 32.6 Å². The van der Waals surface area contributed by atoms with Crippen molar-refractivity contribution in [2.24, 2.45) is 5.92 Å². The normalized spacial score (nSPS) is 16.5.